The molecule has 0 bridgehead atoms. The standard InChI is InChI=1S/C16H20O2S/c17-15(18)16(12-6-8-13(19)9-7-12)10-14(16)11-4-2-1-3-5-11/h6-9,11,14,19H,1-5,10H2,(H,17,18). The van der Waals surface area contributed by atoms with Crippen LogP contribution in [-0.4, -0.2) is 11.1 Å². The lowest BCUT2D eigenvalue weighted by Crippen LogP contribution is -2.26. The van der Waals surface area contributed by atoms with Gasteiger partial charge in [-0.05, 0) is 36.0 Å². The minimum Gasteiger partial charge on any atom is -0.481 e. The van der Waals surface area contributed by atoms with Crippen molar-refractivity contribution >= 4 is 18.6 Å². The zero-order chi connectivity index (χ0) is 13.5. The summed E-state index contributed by atoms with van der Waals surface area (Å²) in [5.41, 5.74) is 0.358. The van der Waals surface area contributed by atoms with Crippen LogP contribution in [0.3, 0.4) is 0 Å². The smallest absolute Gasteiger partial charge is 0.314 e. The molecule has 0 aliphatic heterocycles. The molecule has 2 aliphatic rings. The molecule has 19 heavy (non-hydrogen) atoms. The highest BCUT2D eigenvalue weighted by molar-refractivity contribution is 7.80. The first-order chi connectivity index (χ1) is 9.14. The van der Waals surface area contributed by atoms with Crippen molar-refractivity contribution in [1.82, 2.24) is 0 Å². The lowest BCUT2D eigenvalue weighted by Gasteiger charge is -2.24. The molecule has 1 N–H and O–H groups in total. The molecule has 2 atom stereocenters. The maximum absolute atomic E-state index is 11.8. The summed E-state index contributed by atoms with van der Waals surface area (Å²) >= 11 is 4.28. The van der Waals surface area contributed by atoms with E-state index in [1.807, 2.05) is 24.3 Å². The van der Waals surface area contributed by atoms with E-state index in [1.165, 1.54) is 32.1 Å². The molecule has 2 aliphatic carbocycles. The van der Waals surface area contributed by atoms with Gasteiger partial charge in [-0.2, -0.15) is 0 Å². The van der Waals surface area contributed by atoms with E-state index in [0.717, 1.165) is 16.9 Å². The summed E-state index contributed by atoms with van der Waals surface area (Å²) in [5, 5.41) is 9.71. The fourth-order valence-electron chi connectivity index (χ4n) is 3.85. The van der Waals surface area contributed by atoms with Gasteiger partial charge in [0.05, 0.1) is 5.41 Å². The highest BCUT2D eigenvalue weighted by Gasteiger charge is 2.63. The summed E-state index contributed by atoms with van der Waals surface area (Å²) in [7, 11) is 0. The molecule has 0 heterocycles. The SMILES string of the molecule is O=C(O)C1(c2ccc(S)cc2)CC1C1CCCCC1. The first kappa shape index (κ1) is 13.0. The van der Waals surface area contributed by atoms with Gasteiger partial charge in [-0.1, -0.05) is 44.2 Å². The van der Waals surface area contributed by atoms with Crippen molar-refractivity contribution in [2.45, 2.75) is 48.8 Å². The average Bonchev–Trinajstić information content (AvgIpc) is 3.17. The van der Waals surface area contributed by atoms with E-state index < -0.39 is 11.4 Å². The predicted molar refractivity (Wildman–Crippen MR) is 77.7 cm³/mol. The Morgan fingerprint density at radius 2 is 1.79 bits per heavy atom. The summed E-state index contributed by atoms with van der Waals surface area (Å²) < 4.78 is 0. The predicted octanol–water partition coefficient (Wildman–Crippen LogP) is 3.90. The number of carboxylic acids is 1. The zero-order valence-electron chi connectivity index (χ0n) is 11.0. The number of rotatable bonds is 3. The number of thiol groups is 1. The van der Waals surface area contributed by atoms with Crippen LogP contribution in [-0.2, 0) is 10.2 Å². The molecule has 2 nitrogen and oxygen atoms in total. The van der Waals surface area contributed by atoms with Gasteiger partial charge in [-0.15, -0.1) is 12.6 Å². The van der Waals surface area contributed by atoms with E-state index in [4.69, 9.17) is 0 Å². The molecule has 0 radical (unpaired) electrons. The third kappa shape index (κ3) is 2.18. The minimum atomic E-state index is -0.644. The summed E-state index contributed by atoms with van der Waals surface area (Å²) in [6, 6.07) is 7.69. The fraction of sp³-hybridized carbons (Fsp3) is 0.562. The van der Waals surface area contributed by atoms with E-state index in [9.17, 15) is 9.90 Å². The van der Waals surface area contributed by atoms with Crippen molar-refractivity contribution in [3.05, 3.63) is 29.8 Å². The van der Waals surface area contributed by atoms with Gasteiger partial charge in [0.2, 0.25) is 0 Å². The van der Waals surface area contributed by atoms with Gasteiger partial charge in [0, 0.05) is 4.90 Å². The maximum Gasteiger partial charge on any atom is 0.314 e. The molecule has 1 aromatic carbocycles. The molecule has 102 valence electrons. The van der Waals surface area contributed by atoms with Gasteiger partial charge in [-0.25, -0.2) is 0 Å². The van der Waals surface area contributed by atoms with Crippen LogP contribution >= 0.6 is 12.6 Å². The van der Waals surface area contributed by atoms with E-state index >= 15 is 0 Å². The number of hydrogen-bond donors (Lipinski definition) is 2. The van der Waals surface area contributed by atoms with Crippen molar-refractivity contribution in [2.75, 3.05) is 0 Å². The van der Waals surface area contributed by atoms with Gasteiger partial charge in [-0.3, -0.25) is 4.79 Å². The molecule has 3 rings (SSSR count). The summed E-state index contributed by atoms with van der Waals surface area (Å²) in [4.78, 5) is 12.7. The quantitative estimate of drug-likeness (QED) is 0.822. The Balaban J connectivity index is 1.86. The van der Waals surface area contributed by atoms with Crippen LogP contribution in [0.1, 0.15) is 44.1 Å². The van der Waals surface area contributed by atoms with Crippen LogP contribution in [0.5, 0.6) is 0 Å². The second kappa shape index (κ2) is 4.86. The van der Waals surface area contributed by atoms with Crippen LogP contribution < -0.4 is 0 Å². The van der Waals surface area contributed by atoms with E-state index in [-0.39, 0.29) is 0 Å². The first-order valence-electron chi connectivity index (χ1n) is 7.17. The van der Waals surface area contributed by atoms with Crippen molar-refractivity contribution in [1.29, 1.82) is 0 Å². The van der Waals surface area contributed by atoms with Crippen molar-refractivity contribution in [3.63, 3.8) is 0 Å². The normalized spacial score (nSPS) is 31.1. The summed E-state index contributed by atoms with van der Waals surface area (Å²) in [5.74, 6) is 0.312. The molecule has 2 saturated carbocycles. The molecular formula is C16H20O2S. The number of carboxylic acid groups (broad SMARTS) is 1. The van der Waals surface area contributed by atoms with Gasteiger partial charge in [0.25, 0.3) is 0 Å². The Morgan fingerprint density at radius 1 is 1.16 bits per heavy atom. The molecule has 1 aromatic rings. The van der Waals surface area contributed by atoms with Crippen molar-refractivity contribution in [3.8, 4) is 0 Å². The molecule has 2 unspecified atom stereocenters. The fourth-order valence-corrected chi connectivity index (χ4v) is 4.00. The molecule has 2 fully saturated rings. The zero-order valence-corrected chi connectivity index (χ0v) is 11.9. The van der Waals surface area contributed by atoms with Gasteiger partial charge in [0.15, 0.2) is 0 Å². The van der Waals surface area contributed by atoms with Crippen LogP contribution in [0, 0.1) is 11.8 Å². The molecule has 3 heteroatoms. The van der Waals surface area contributed by atoms with Crippen LogP contribution in [0.2, 0.25) is 0 Å². The Kier molecular flexibility index (Phi) is 3.34. The van der Waals surface area contributed by atoms with Crippen LogP contribution in [0.15, 0.2) is 29.2 Å². The number of aliphatic carboxylic acids is 1. The lowest BCUT2D eigenvalue weighted by molar-refractivity contribution is -0.140. The van der Waals surface area contributed by atoms with Crippen molar-refractivity contribution in [2.24, 2.45) is 11.8 Å². The van der Waals surface area contributed by atoms with Crippen LogP contribution in [0.25, 0.3) is 0 Å². The number of carbonyl (C=O) groups is 1. The Bertz CT molecular complexity index is 476. The monoisotopic (exact) mass is 276 g/mol. The summed E-state index contributed by atoms with van der Waals surface area (Å²) in [6.07, 6.45) is 7.10. The molecule has 0 aromatic heterocycles. The molecule has 0 spiro atoms. The topological polar surface area (TPSA) is 37.3 Å². The van der Waals surface area contributed by atoms with Crippen molar-refractivity contribution < 1.29 is 9.90 Å². The summed E-state index contributed by atoms with van der Waals surface area (Å²) in [6.45, 7) is 0. The van der Waals surface area contributed by atoms with Gasteiger partial charge >= 0.3 is 5.97 Å². The Labute approximate surface area is 119 Å². The highest BCUT2D eigenvalue weighted by Crippen LogP contribution is 2.60. The Morgan fingerprint density at radius 3 is 2.37 bits per heavy atom. The maximum atomic E-state index is 11.8. The van der Waals surface area contributed by atoms with E-state index in [1.54, 1.807) is 0 Å². The molecule has 0 amide bonds. The highest BCUT2D eigenvalue weighted by atomic mass is 32.1. The van der Waals surface area contributed by atoms with E-state index in [0.29, 0.717) is 11.8 Å². The van der Waals surface area contributed by atoms with Crippen LogP contribution in [0.4, 0.5) is 0 Å². The third-order valence-corrected chi connectivity index (χ3v) is 5.30. The first-order valence-corrected chi connectivity index (χ1v) is 7.62. The van der Waals surface area contributed by atoms with Gasteiger partial charge in [0.1, 0.15) is 0 Å². The third-order valence-electron chi connectivity index (χ3n) is 5.00. The Hall–Kier alpha value is -0.960. The second-order valence-corrected chi connectivity index (χ2v) is 6.55. The molecule has 0 saturated heterocycles. The minimum absolute atomic E-state index is 0.344. The largest absolute Gasteiger partial charge is 0.481 e. The second-order valence-electron chi connectivity index (χ2n) is 6.03. The average molecular weight is 276 g/mol. The number of benzene rings is 1. The lowest BCUT2D eigenvalue weighted by atomic mass is 9.80. The number of hydrogen-bond acceptors (Lipinski definition) is 2. The molecular weight excluding hydrogens is 256 g/mol. The van der Waals surface area contributed by atoms with Gasteiger partial charge < -0.3 is 5.11 Å². The van der Waals surface area contributed by atoms with E-state index in [2.05, 4.69) is 12.6 Å².